The molecule has 2 N–H and O–H groups in total. The summed E-state index contributed by atoms with van der Waals surface area (Å²) in [6.45, 7) is 0. The van der Waals surface area contributed by atoms with Gasteiger partial charge in [0, 0.05) is 11.1 Å². The Bertz CT molecular complexity index is 370. The second-order valence-corrected chi connectivity index (χ2v) is 2.93. The molecular formula is C7H4ClF2NO2. The van der Waals surface area contributed by atoms with Gasteiger partial charge in [-0.05, 0) is 6.07 Å². The predicted octanol–water partition coefficient (Wildman–Crippen LogP) is 2.24. The van der Waals surface area contributed by atoms with Crippen molar-refractivity contribution in [1.82, 2.24) is 0 Å². The number of rotatable bonds is 0. The molecule has 0 atom stereocenters. The third-order valence-electron chi connectivity index (χ3n) is 1.50. The summed E-state index contributed by atoms with van der Waals surface area (Å²) >= 11 is 5.56. The number of nitrogen functional groups attached to an aromatic ring is 1. The van der Waals surface area contributed by atoms with E-state index in [2.05, 4.69) is 9.47 Å². The van der Waals surface area contributed by atoms with Gasteiger partial charge in [0.25, 0.3) is 0 Å². The van der Waals surface area contributed by atoms with E-state index in [9.17, 15) is 8.78 Å². The Morgan fingerprint density at radius 1 is 1.31 bits per heavy atom. The summed E-state index contributed by atoms with van der Waals surface area (Å²) in [4.78, 5) is 0. The predicted molar refractivity (Wildman–Crippen MR) is 42.1 cm³/mol. The van der Waals surface area contributed by atoms with E-state index in [1.54, 1.807) is 0 Å². The molecule has 1 aliphatic heterocycles. The Kier molecular flexibility index (Phi) is 1.53. The molecule has 70 valence electrons. The van der Waals surface area contributed by atoms with Gasteiger partial charge in [0.05, 0.1) is 5.69 Å². The van der Waals surface area contributed by atoms with Crippen molar-refractivity contribution >= 4 is 17.3 Å². The number of hydrogen-bond donors (Lipinski definition) is 1. The minimum absolute atomic E-state index is 0.0275. The maximum absolute atomic E-state index is 12.5. The molecule has 0 saturated heterocycles. The molecule has 13 heavy (non-hydrogen) atoms. The first-order chi connectivity index (χ1) is 5.98. The molecule has 6 heteroatoms. The summed E-state index contributed by atoms with van der Waals surface area (Å²) in [5, 5.41) is 0.220. The molecule has 2 rings (SSSR count). The third-order valence-corrected chi connectivity index (χ3v) is 1.72. The number of alkyl halides is 2. The fourth-order valence-electron chi connectivity index (χ4n) is 1.04. The van der Waals surface area contributed by atoms with E-state index in [1.807, 2.05) is 0 Å². The van der Waals surface area contributed by atoms with Crippen LogP contribution in [-0.2, 0) is 0 Å². The van der Waals surface area contributed by atoms with E-state index in [1.165, 1.54) is 12.1 Å². The first-order valence-corrected chi connectivity index (χ1v) is 3.70. The average Bonchev–Trinajstić information content (AvgIpc) is 2.23. The maximum atomic E-state index is 12.5. The first-order valence-electron chi connectivity index (χ1n) is 3.33. The molecule has 1 heterocycles. The lowest BCUT2D eigenvalue weighted by Gasteiger charge is -2.04. The molecule has 1 aromatic rings. The zero-order chi connectivity index (χ0) is 9.64. The van der Waals surface area contributed by atoms with E-state index < -0.39 is 6.29 Å². The van der Waals surface area contributed by atoms with E-state index in [-0.39, 0.29) is 22.2 Å². The fourth-order valence-corrected chi connectivity index (χ4v) is 1.26. The molecule has 0 unspecified atom stereocenters. The Balaban J connectivity index is 2.52. The quantitative estimate of drug-likeness (QED) is 0.664. The van der Waals surface area contributed by atoms with Gasteiger partial charge in [-0.25, -0.2) is 0 Å². The number of hydrogen-bond acceptors (Lipinski definition) is 3. The van der Waals surface area contributed by atoms with E-state index in [0.29, 0.717) is 0 Å². The molecule has 0 aromatic heterocycles. The van der Waals surface area contributed by atoms with Crippen LogP contribution in [0.5, 0.6) is 11.5 Å². The van der Waals surface area contributed by atoms with Crippen LogP contribution in [0.25, 0.3) is 0 Å². The van der Waals surface area contributed by atoms with Crippen LogP contribution >= 0.6 is 11.6 Å². The van der Waals surface area contributed by atoms with Crippen LogP contribution < -0.4 is 15.2 Å². The second kappa shape index (κ2) is 2.38. The van der Waals surface area contributed by atoms with Gasteiger partial charge in [0.2, 0.25) is 0 Å². The van der Waals surface area contributed by atoms with Crippen LogP contribution in [-0.4, -0.2) is 6.29 Å². The standard InChI is InChI=1S/C7H4ClF2NO2/c8-3-1-4(11)6-5(2-3)12-7(9,10)13-6/h1-2H,11H2. The number of benzene rings is 1. The summed E-state index contributed by atoms with van der Waals surface area (Å²) in [5.74, 6) is -0.315. The second-order valence-electron chi connectivity index (χ2n) is 2.49. The van der Waals surface area contributed by atoms with Gasteiger partial charge in [-0.1, -0.05) is 11.6 Å². The Hall–Kier alpha value is -1.23. The van der Waals surface area contributed by atoms with Gasteiger partial charge in [-0.15, -0.1) is 8.78 Å². The number of halogens is 3. The van der Waals surface area contributed by atoms with Gasteiger partial charge in [0.15, 0.2) is 11.5 Å². The Morgan fingerprint density at radius 2 is 2.00 bits per heavy atom. The zero-order valence-corrected chi connectivity index (χ0v) is 6.94. The topological polar surface area (TPSA) is 44.5 Å². The normalized spacial score (nSPS) is 17.5. The molecule has 0 amide bonds. The van der Waals surface area contributed by atoms with Crippen molar-refractivity contribution in [2.45, 2.75) is 6.29 Å². The maximum Gasteiger partial charge on any atom is 0.586 e. The van der Waals surface area contributed by atoms with Crippen LogP contribution in [0.3, 0.4) is 0 Å². The number of fused-ring (bicyclic) bond motifs is 1. The van der Waals surface area contributed by atoms with Crippen LogP contribution in [0.2, 0.25) is 5.02 Å². The lowest BCUT2D eigenvalue weighted by molar-refractivity contribution is -0.286. The molecule has 0 saturated carbocycles. The number of nitrogens with two attached hydrogens (primary N) is 1. The fraction of sp³-hybridized carbons (Fsp3) is 0.143. The number of ether oxygens (including phenoxy) is 2. The molecule has 0 fully saturated rings. The highest BCUT2D eigenvalue weighted by molar-refractivity contribution is 6.31. The molecule has 1 aliphatic rings. The van der Waals surface area contributed by atoms with Crippen molar-refractivity contribution < 1.29 is 18.3 Å². The summed E-state index contributed by atoms with van der Waals surface area (Å²) in [7, 11) is 0. The van der Waals surface area contributed by atoms with E-state index in [0.717, 1.165) is 0 Å². The van der Waals surface area contributed by atoms with Gasteiger partial charge >= 0.3 is 6.29 Å². The van der Waals surface area contributed by atoms with Crippen LogP contribution in [0.4, 0.5) is 14.5 Å². The van der Waals surface area contributed by atoms with E-state index >= 15 is 0 Å². The van der Waals surface area contributed by atoms with Crippen molar-refractivity contribution in [2.75, 3.05) is 5.73 Å². The summed E-state index contributed by atoms with van der Waals surface area (Å²) in [5.41, 5.74) is 5.40. The molecule has 1 aromatic carbocycles. The molecular weight excluding hydrogens is 204 g/mol. The monoisotopic (exact) mass is 207 g/mol. The zero-order valence-electron chi connectivity index (χ0n) is 6.18. The lowest BCUT2D eigenvalue weighted by atomic mass is 10.3. The van der Waals surface area contributed by atoms with Crippen molar-refractivity contribution in [3.63, 3.8) is 0 Å². The highest BCUT2D eigenvalue weighted by Crippen LogP contribution is 2.46. The minimum atomic E-state index is -3.65. The molecule has 3 nitrogen and oxygen atoms in total. The van der Waals surface area contributed by atoms with Crippen LogP contribution in [0.15, 0.2) is 12.1 Å². The van der Waals surface area contributed by atoms with Crippen molar-refractivity contribution in [3.05, 3.63) is 17.2 Å². The summed E-state index contributed by atoms with van der Waals surface area (Å²) < 4.78 is 33.3. The largest absolute Gasteiger partial charge is 0.586 e. The first kappa shape index (κ1) is 8.37. The van der Waals surface area contributed by atoms with Gasteiger partial charge in [-0.2, -0.15) is 0 Å². The summed E-state index contributed by atoms with van der Waals surface area (Å²) in [6, 6.07) is 2.53. The Labute approximate surface area is 77.0 Å². The third kappa shape index (κ3) is 1.35. The van der Waals surface area contributed by atoms with Crippen molar-refractivity contribution in [1.29, 1.82) is 0 Å². The van der Waals surface area contributed by atoms with Crippen LogP contribution in [0, 0.1) is 0 Å². The van der Waals surface area contributed by atoms with E-state index in [4.69, 9.17) is 17.3 Å². The minimum Gasteiger partial charge on any atom is -0.396 e. The summed E-state index contributed by atoms with van der Waals surface area (Å²) in [6.07, 6.45) is -3.65. The molecule has 0 spiro atoms. The van der Waals surface area contributed by atoms with Crippen LogP contribution in [0.1, 0.15) is 0 Å². The van der Waals surface area contributed by atoms with Crippen molar-refractivity contribution in [3.8, 4) is 11.5 Å². The lowest BCUT2D eigenvalue weighted by Crippen LogP contribution is -2.26. The highest BCUT2D eigenvalue weighted by Gasteiger charge is 2.44. The van der Waals surface area contributed by atoms with Crippen molar-refractivity contribution in [2.24, 2.45) is 0 Å². The number of anilines is 1. The Morgan fingerprint density at radius 3 is 2.69 bits per heavy atom. The SMILES string of the molecule is Nc1cc(Cl)cc2c1OC(F)(F)O2. The van der Waals surface area contributed by atoms with Gasteiger partial charge in [0.1, 0.15) is 0 Å². The molecule has 0 bridgehead atoms. The molecule has 0 aliphatic carbocycles. The average molecular weight is 208 g/mol. The molecule has 0 radical (unpaired) electrons. The van der Waals surface area contributed by atoms with Gasteiger partial charge in [-0.3, -0.25) is 0 Å². The van der Waals surface area contributed by atoms with Gasteiger partial charge < -0.3 is 15.2 Å². The highest BCUT2D eigenvalue weighted by atomic mass is 35.5. The smallest absolute Gasteiger partial charge is 0.396 e.